The maximum atomic E-state index is 13.3. The SMILES string of the molecule is O[C@@H]1[C@@H](O)[C@@H](Oc2cc(-c3ccnc(F)c3)ccc2Cl)SC[C@H]1O. The molecule has 1 fully saturated rings. The van der Waals surface area contributed by atoms with Crippen molar-refractivity contribution >= 4 is 23.4 Å². The van der Waals surface area contributed by atoms with Crippen LogP contribution in [-0.2, 0) is 0 Å². The van der Waals surface area contributed by atoms with Gasteiger partial charge in [-0.05, 0) is 29.3 Å². The average Bonchev–Trinajstić information content (AvgIpc) is 2.57. The third-order valence-electron chi connectivity index (χ3n) is 3.69. The summed E-state index contributed by atoms with van der Waals surface area (Å²) in [5.74, 6) is -0.0673. The molecule has 0 unspecified atom stereocenters. The number of hydrogen-bond acceptors (Lipinski definition) is 6. The van der Waals surface area contributed by atoms with E-state index in [1.165, 1.54) is 24.0 Å². The predicted molar refractivity (Wildman–Crippen MR) is 89.5 cm³/mol. The molecule has 0 bridgehead atoms. The zero-order valence-electron chi connectivity index (χ0n) is 12.3. The second-order valence-corrected chi connectivity index (χ2v) is 6.92. The van der Waals surface area contributed by atoms with E-state index in [9.17, 15) is 19.7 Å². The van der Waals surface area contributed by atoms with Crippen molar-refractivity contribution in [3.63, 3.8) is 0 Å². The molecule has 3 rings (SSSR count). The first kappa shape index (κ1) is 17.4. The second kappa shape index (κ2) is 7.25. The Morgan fingerprint density at radius 1 is 1.12 bits per heavy atom. The summed E-state index contributed by atoms with van der Waals surface area (Å²) >= 11 is 7.31. The molecular formula is C16H15ClFNO4S. The first-order valence-electron chi connectivity index (χ1n) is 7.19. The van der Waals surface area contributed by atoms with Crippen LogP contribution in [0, 0.1) is 5.95 Å². The van der Waals surface area contributed by atoms with Gasteiger partial charge in [-0.15, -0.1) is 11.8 Å². The predicted octanol–water partition coefficient (Wildman–Crippen LogP) is 2.08. The Balaban J connectivity index is 1.85. The number of aromatic nitrogens is 1. The number of hydrogen-bond donors (Lipinski definition) is 3. The number of nitrogens with zero attached hydrogens (tertiary/aromatic N) is 1. The summed E-state index contributed by atoms with van der Waals surface area (Å²) in [5, 5.41) is 29.7. The van der Waals surface area contributed by atoms with Gasteiger partial charge in [-0.25, -0.2) is 4.98 Å². The number of aliphatic hydroxyl groups is 3. The minimum Gasteiger partial charge on any atom is -0.475 e. The molecule has 5 nitrogen and oxygen atoms in total. The number of rotatable bonds is 3. The summed E-state index contributed by atoms with van der Waals surface area (Å²) in [6, 6.07) is 7.89. The van der Waals surface area contributed by atoms with Crippen molar-refractivity contribution in [3.05, 3.63) is 47.5 Å². The Labute approximate surface area is 147 Å². The van der Waals surface area contributed by atoms with E-state index in [0.29, 0.717) is 21.9 Å². The van der Waals surface area contributed by atoms with Crippen LogP contribution in [-0.4, -0.2) is 49.8 Å². The van der Waals surface area contributed by atoms with E-state index in [2.05, 4.69) is 4.98 Å². The molecule has 4 atom stereocenters. The van der Waals surface area contributed by atoms with Gasteiger partial charge in [-0.1, -0.05) is 17.7 Å². The van der Waals surface area contributed by atoms with E-state index in [1.54, 1.807) is 24.3 Å². The molecule has 3 N–H and O–H groups in total. The highest BCUT2D eigenvalue weighted by atomic mass is 35.5. The van der Waals surface area contributed by atoms with E-state index in [4.69, 9.17) is 16.3 Å². The van der Waals surface area contributed by atoms with E-state index in [0.717, 1.165) is 0 Å². The molecule has 8 heteroatoms. The summed E-state index contributed by atoms with van der Waals surface area (Å²) in [5.41, 5.74) is 0.508. The molecule has 1 aromatic carbocycles. The van der Waals surface area contributed by atoms with Crippen LogP contribution < -0.4 is 4.74 Å². The summed E-state index contributed by atoms with van der Waals surface area (Å²) in [7, 11) is 0. The van der Waals surface area contributed by atoms with Crippen LogP contribution in [0.15, 0.2) is 36.5 Å². The Bertz CT molecular complexity index is 735. The van der Waals surface area contributed by atoms with Gasteiger partial charge in [0.1, 0.15) is 18.0 Å². The Morgan fingerprint density at radius 2 is 1.88 bits per heavy atom. The van der Waals surface area contributed by atoms with Gasteiger partial charge < -0.3 is 20.1 Å². The van der Waals surface area contributed by atoms with Crippen molar-refractivity contribution in [2.24, 2.45) is 0 Å². The highest BCUT2D eigenvalue weighted by Crippen LogP contribution is 2.35. The lowest BCUT2D eigenvalue weighted by molar-refractivity contribution is -0.0785. The topological polar surface area (TPSA) is 82.8 Å². The minimum absolute atomic E-state index is 0.232. The lowest BCUT2D eigenvalue weighted by Gasteiger charge is -2.34. The smallest absolute Gasteiger partial charge is 0.213 e. The van der Waals surface area contributed by atoms with Gasteiger partial charge in [0, 0.05) is 18.0 Å². The molecule has 1 aliphatic heterocycles. The van der Waals surface area contributed by atoms with Gasteiger partial charge in [0.2, 0.25) is 5.95 Å². The Morgan fingerprint density at radius 3 is 2.62 bits per heavy atom. The highest BCUT2D eigenvalue weighted by molar-refractivity contribution is 7.99. The van der Waals surface area contributed by atoms with Crippen molar-refractivity contribution in [3.8, 4) is 16.9 Å². The number of aliphatic hydroxyl groups excluding tert-OH is 3. The van der Waals surface area contributed by atoms with Gasteiger partial charge in [0.05, 0.1) is 11.1 Å². The number of benzene rings is 1. The molecule has 1 aliphatic rings. The fourth-order valence-corrected chi connectivity index (χ4v) is 3.64. The lowest BCUT2D eigenvalue weighted by Crippen LogP contribution is -2.50. The molecule has 2 heterocycles. The maximum Gasteiger partial charge on any atom is 0.213 e. The van der Waals surface area contributed by atoms with Crippen molar-refractivity contribution in [2.45, 2.75) is 23.7 Å². The molecule has 0 spiro atoms. The maximum absolute atomic E-state index is 13.3. The summed E-state index contributed by atoms with van der Waals surface area (Å²) in [4.78, 5) is 3.51. The molecule has 0 radical (unpaired) electrons. The third-order valence-corrected chi connectivity index (χ3v) is 5.24. The average molecular weight is 372 g/mol. The Kier molecular flexibility index (Phi) is 5.27. The van der Waals surface area contributed by atoms with Gasteiger partial charge in [0.15, 0.2) is 5.44 Å². The molecule has 1 aromatic heterocycles. The standard InChI is InChI=1S/C16H15ClFNO4S/c17-10-2-1-8(9-3-4-19-13(18)6-9)5-12(10)23-16-15(22)14(21)11(20)7-24-16/h1-6,11,14-16,20-22H,7H2/t11-,14+,15-,16+/m1/s1. The van der Waals surface area contributed by atoms with Gasteiger partial charge >= 0.3 is 0 Å². The summed E-state index contributed by atoms with van der Waals surface area (Å²) in [6.07, 6.45) is -2.19. The number of pyridine rings is 1. The van der Waals surface area contributed by atoms with Gasteiger partial charge in [-0.3, -0.25) is 0 Å². The second-order valence-electron chi connectivity index (χ2n) is 5.38. The van der Waals surface area contributed by atoms with Gasteiger partial charge in [0.25, 0.3) is 0 Å². The van der Waals surface area contributed by atoms with E-state index in [1.807, 2.05) is 0 Å². The van der Waals surface area contributed by atoms with Crippen LogP contribution in [0.5, 0.6) is 5.75 Å². The normalized spacial score (nSPS) is 27.0. The Hall–Kier alpha value is -1.38. The molecule has 0 saturated carbocycles. The largest absolute Gasteiger partial charge is 0.475 e. The fraction of sp³-hybridized carbons (Fsp3) is 0.312. The van der Waals surface area contributed by atoms with Crippen LogP contribution in [0.1, 0.15) is 0 Å². The van der Waals surface area contributed by atoms with Crippen LogP contribution in [0.25, 0.3) is 11.1 Å². The van der Waals surface area contributed by atoms with Crippen LogP contribution in [0.3, 0.4) is 0 Å². The molecular weight excluding hydrogens is 357 g/mol. The van der Waals surface area contributed by atoms with Crippen LogP contribution in [0.4, 0.5) is 4.39 Å². The van der Waals surface area contributed by atoms with Crippen molar-refractivity contribution in [1.29, 1.82) is 0 Å². The van der Waals surface area contributed by atoms with Crippen molar-refractivity contribution in [1.82, 2.24) is 4.98 Å². The van der Waals surface area contributed by atoms with Crippen molar-refractivity contribution < 1.29 is 24.4 Å². The number of ether oxygens (including phenoxy) is 1. The van der Waals surface area contributed by atoms with Crippen LogP contribution >= 0.6 is 23.4 Å². The summed E-state index contributed by atoms with van der Waals surface area (Å²) in [6.45, 7) is 0. The first-order valence-corrected chi connectivity index (χ1v) is 8.62. The molecule has 2 aromatic rings. The van der Waals surface area contributed by atoms with Crippen molar-refractivity contribution in [2.75, 3.05) is 5.75 Å². The van der Waals surface area contributed by atoms with E-state index in [-0.39, 0.29) is 5.75 Å². The van der Waals surface area contributed by atoms with E-state index < -0.39 is 29.7 Å². The third kappa shape index (κ3) is 3.65. The fourth-order valence-electron chi connectivity index (χ4n) is 2.36. The quantitative estimate of drug-likeness (QED) is 0.716. The lowest BCUT2D eigenvalue weighted by atomic mass is 10.1. The molecule has 24 heavy (non-hydrogen) atoms. The summed E-state index contributed by atoms with van der Waals surface area (Å²) < 4.78 is 19.0. The minimum atomic E-state index is -1.28. The molecule has 0 aliphatic carbocycles. The van der Waals surface area contributed by atoms with E-state index >= 15 is 0 Å². The zero-order valence-corrected chi connectivity index (χ0v) is 13.9. The van der Waals surface area contributed by atoms with Crippen LogP contribution in [0.2, 0.25) is 5.02 Å². The molecule has 1 saturated heterocycles. The highest BCUT2D eigenvalue weighted by Gasteiger charge is 2.38. The monoisotopic (exact) mass is 371 g/mol. The number of thioether (sulfide) groups is 1. The molecule has 128 valence electrons. The van der Waals surface area contributed by atoms with Gasteiger partial charge in [-0.2, -0.15) is 4.39 Å². The molecule has 0 amide bonds. The zero-order chi connectivity index (χ0) is 17.3. The number of halogens is 2. The first-order chi connectivity index (χ1) is 11.5.